The van der Waals surface area contributed by atoms with E-state index in [9.17, 15) is 0 Å². The predicted molar refractivity (Wildman–Crippen MR) is 76.3 cm³/mol. The lowest BCUT2D eigenvalue weighted by molar-refractivity contribution is 0.207. The number of likely N-dealkylation sites (tertiary alicyclic amines) is 1. The minimum atomic E-state index is 0.654. The van der Waals surface area contributed by atoms with Gasteiger partial charge in [0.15, 0.2) is 0 Å². The van der Waals surface area contributed by atoms with Crippen LogP contribution in [-0.4, -0.2) is 37.1 Å². The van der Waals surface area contributed by atoms with Gasteiger partial charge in [0.05, 0.1) is 0 Å². The summed E-state index contributed by atoms with van der Waals surface area (Å²) in [4.78, 5) is 2.65. The summed E-state index contributed by atoms with van der Waals surface area (Å²) in [6.45, 7) is 15.4. The summed E-state index contributed by atoms with van der Waals surface area (Å²) in [6.07, 6.45) is 6.10. The molecule has 17 heavy (non-hydrogen) atoms. The molecule has 0 aromatic carbocycles. The Balaban J connectivity index is 2.31. The van der Waals surface area contributed by atoms with E-state index in [0.717, 1.165) is 24.9 Å². The number of nitrogens with zero attached hydrogens (tertiary/aromatic N) is 1. The van der Waals surface area contributed by atoms with Gasteiger partial charge < -0.3 is 5.32 Å². The fourth-order valence-electron chi connectivity index (χ4n) is 2.78. The van der Waals surface area contributed by atoms with E-state index in [2.05, 4.69) is 37.6 Å². The van der Waals surface area contributed by atoms with Crippen molar-refractivity contribution in [2.75, 3.05) is 26.2 Å². The average molecular weight is 238 g/mol. The number of hydrogen-bond acceptors (Lipinski definition) is 2. The molecule has 1 heterocycles. The molecule has 2 nitrogen and oxygen atoms in total. The first kappa shape index (κ1) is 14.7. The van der Waals surface area contributed by atoms with Gasteiger partial charge in [-0.3, -0.25) is 4.90 Å². The molecule has 1 fully saturated rings. The van der Waals surface area contributed by atoms with Crippen LogP contribution in [-0.2, 0) is 0 Å². The van der Waals surface area contributed by atoms with Crippen LogP contribution in [0.15, 0.2) is 12.7 Å². The van der Waals surface area contributed by atoms with Gasteiger partial charge in [-0.25, -0.2) is 0 Å². The zero-order chi connectivity index (χ0) is 12.7. The molecule has 2 atom stereocenters. The van der Waals surface area contributed by atoms with Crippen molar-refractivity contribution >= 4 is 0 Å². The fourth-order valence-corrected chi connectivity index (χ4v) is 2.78. The second-order valence-electron chi connectivity index (χ2n) is 5.77. The topological polar surface area (TPSA) is 15.3 Å². The monoisotopic (exact) mass is 238 g/mol. The third-order valence-electron chi connectivity index (χ3n) is 4.10. The van der Waals surface area contributed by atoms with Crippen molar-refractivity contribution in [3.63, 3.8) is 0 Å². The Morgan fingerprint density at radius 2 is 2.06 bits per heavy atom. The highest BCUT2D eigenvalue weighted by Gasteiger charge is 2.21. The van der Waals surface area contributed by atoms with Crippen LogP contribution < -0.4 is 5.32 Å². The summed E-state index contributed by atoms with van der Waals surface area (Å²) in [7, 11) is 0. The molecular weight excluding hydrogens is 208 g/mol. The van der Waals surface area contributed by atoms with Crippen molar-refractivity contribution in [1.29, 1.82) is 0 Å². The van der Waals surface area contributed by atoms with E-state index >= 15 is 0 Å². The molecule has 1 aliphatic heterocycles. The van der Waals surface area contributed by atoms with E-state index in [-0.39, 0.29) is 0 Å². The van der Waals surface area contributed by atoms with Crippen LogP contribution in [0.4, 0.5) is 0 Å². The minimum absolute atomic E-state index is 0.654. The van der Waals surface area contributed by atoms with Gasteiger partial charge in [0.25, 0.3) is 0 Å². The molecular formula is C15H30N2. The molecule has 2 heteroatoms. The molecule has 0 radical (unpaired) electrons. The maximum absolute atomic E-state index is 3.74. The lowest BCUT2D eigenvalue weighted by atomic mass is 9.89. The first-order valence-corrected chi connectivity index (χ1v) is 7.20. The van der Waals surface area contributed by atoms with Gasteiger partial charge in [-0.05, 0) is 51.1 Å². The van der Waals surface area contributed by atoms with Gasteiger partial charge in [0.2, 0.25) is 0 Å². The maximum Gasteiger partial charge on any atom is 0.0192 e. The normalized spacial score (nSPS) is 24.6. The molecule has 0 saturated carbocycles. The van der Waals surface area contributed by atoms with E-state index in [1.54, 1.807) is 0 Å². The number of nitrogens with one attached hydrogen (secondary N) is 1. The van der Waals surface area contributed by atoms with Gasteiger partial charge in [0.1, 0.15) is 0 Å². The molecule has 0 aromatic heterocycles. The van der Waals surface area contributed by atoms with Gasteiger partial charge >= 0.3 is 0 Å². The van der Waals surface area contributed by atoms with Crippen molar-refractivity contribution in [3.05, 3.63) is 12.7 Å². The Labute approximate surface area is 107 Å². The molecule has 1 rings (SSSR count). The molecule has 0 spiro atoms. The highest BCUT2D eigenvalue weighted by Crippen LogP contribution is 2.25. The summed E-state index contributed by atoms with van der Waals surface area (Å²) >= 11 is 0. The molecule has 1 aliphatic rings. The SMILES string of the molecule is C=CCNCC(C)N1CCCC(C(C)C)CC1. The first-order chi connectivity index (χ1) is 8.15. The molecule has 100 valence electrons. The molecule has 0 bridgehead atoms. The Morgan fingerprint density at radius 3 is 2.71 bits per heavy atom. The Kier molecular flexibility index (Phi) is 6.83. The number of hydrogen-bond donors (Lipinski definition) is 1. The van der Waals surface area contributed by atoms with Gasteiger partial charge in [0, 0.05) is 19.1 Å². The van der Waals surface area contributed by atoms with Crippen LogP contribution >= 0.6 is 0 Å². The molecule has 1 saturated heterocycles. The summed E-state index contributed by atoms with van der Waals surface area (Å²) in [6, 6.07) is 0.654. The zero-order valence-corrected chi connectivity index (χ0v) is 11.9. The second kappa shape index (κ2) is 7.88. The lowest BCUT2D eigenvalue weighted by Crippen LogP contribution is -2.41. The van der Waals surface area contributed by atoms with Crippen LogP contribution in [0.2, 0.25) is 0 Å². The Bertz CT molecular complexity index is 213. The third kappa shape index (κ3) is 5.22. The second-order valence-corrected chi connectivity index (χ2v) is 5.77. The number of rotatable bonds is 6. The third-order valence-corrected chi connectivity index (χ3v) is 4.10. The van der Waals surface area contributed by atoms with Crippen LogP contribution in [0.25, 0.3) is 0 Å². The summed E-state index contributed by atoms with van der Waals surface area (Å²) in [5.41, 5.74) is 0. The average Bonchev–Trinajstić information content (AvgIpc) is 2.54. The fraction of sp³-hybridized carbons (Fsp3) is 0.867. The molecule has 0 aliphatic carbocycles. The van der Waals surface area contributed by atoms with Gasteiger partial charge in [-0.2, -0.15) is 0 Å². The Morgan fingerprint density at radius 1 is 1.29 bits per heavy atom. The molecule has 2 unspecified atom stereocenters. The van der Waals surface area contributed by atoms with Crippen molar-refractivity contribution < 1.29 is 0 Å². The summed E-state index contributed by atoms with van der Waals surface area (Å²) in [5.74, 6) is 1.79. The van der Waals surface area contributed by atoms with Crippen molar-refractivity contribution in [3.8, 4) is 0 Å². The standard InChI is InChI=1S/C15H30N2/c1-5-9-16-12-14(4)17-10-6-7-15(8-11-17)13(2)3/h5,13-16H,1,6-12H2,2-4H3. The van der Waals surface area contributed by atoms with Gasteiger partial charge in [-0.15, -0.1) is 6.58 Å². The molecule has 0 amide bonds. The smallest absolute Gasteiger partial charge is 0.0192 e. The van der Waals surface area contributed by atoms with Crippen molar-refractivity contribution in [2.45, 2.75) is 46.1 Å². The van der Waals surface area contributed by atoms with Crippen molar-refractivity contribution in [1.82, 2.24) is 10.2 Å². The van der Waals surface area contributed by atoms with Crippen LogP contribution in [0.3, 0.4) is 0 Å². The van der Waals surface area contributed by atoms with Gasteiger partial charge in [-0.1, -0.05) is 19.9 Å². The molecule has 1 N–H and O–H groups in total. The highest BCUT2D eigenvalue weighted by molar-refractivity contribution is 4.78. The van der Waals surface area contributed by atoms with Crippen LogP contribution in [0.5, 0.6) is 0 Å². The summed E-state index contributed by atoms with van der Waals surface area (Å²) < 4.78 is 0. The van der Waals surface area contributed by atoms with E-state index < -0.39 is 0 Å². The largest absolute Gasteiger partial charge is 0.312 e. The summed E-state index contributed by atoms with van der Waals surface area (Å²) in [5, 5.41) is 3.43. The van der Waals surface area contributed by atoms with E-state index in [4.69, 9.17) is 0 Å². The predicted octanol–water partition coefficient (Wildman–Crippen LogP) is 2.91. The Hall–Kier alpha value is -0.340. The highest BCUT2D eigenvalue weighted by atomic mass is 15.2. The zero-order valence-electron chi connectivity index (χ0n) is 11.9. The van der Waals surface area contributed by atoms with Crippen molar-refractivity contribution in [2.24, 2.45) is 11.8 Å². The van der Waals surface area contributed by atoms with E-state index in [1.165, 1.54) is 32.4 Å². The van der Waals surface area contributed by atoms with E-state index in [1.807, 2.05) is 6.08 Å². The van der Waals surface area contributed by atoms with Crippen LogP contribution in [0.1, 0.15) is 40.0 Å². The first-order valence-electron chi connectivity index (χ1n) is 7.20. The maximum atomic E-state index is 3.74. The lowest BCUT2D eigenvalue weighted by Gasteiger charge is -2.28. The molecule has 0 aromatic rings. The quantitative estimate of drug-likeness (QED) is 0.565. The van der Waals surface area contributed by atoms with Crippen LogP contribution in [0, 0.1) is 11.8 Å². The minimum Gasteiger partial charge on any atom is -0.312 e. The van der Waals surface area contributed by atoms with E-state index in [0.29, 0.717) is 6.04 Å².